The molecule has 2 N–H and O–H groups in total. The van der Waals surface area contributed by atoms with Crippen molar-refractivity contribution in [2.24, 2.45) is 11.7 Å². The number of benzene rings is 1. The van der Waals surface area contributed by atoms with E-state index in [0.717, 1.165) is 11.3 Å². The summed E-state index contributed by atoms with van der Waals surface area (Å²) in [7, 11) is 1.69. The number of hydrogen-bond acceptors (Lipinski definition) is 2. The van der Waals surface area contributed by atoms with E-state index in [9.17, 15) is 0 Å². The third-order valence-corrected chi connectivity index (χ3v) is 2.62. The summed E-state index contributed by atoms with van der Waals surface area (Å²) in [6.45, 7) is 6.31. The van der Waals surface area contributed by atoms with Gasteiger partial charge >= 0.3 is 0 Å². The number of rotatable bonds is 3. The first kappa shape index (κ1) is 11.1. The Morgan fingerprint density at radius 3 is 2.43 bits per heavy atom. The molecular weight excluding hydrogens is 174 g/mol. The second-order valence-corrected chi connectivity index (χ2v) is 3.94. The van der Waals surface area contributed by atoms with Gasteiger partial charge in [0.25, 0.3) is 0 Å². The molecule has 14 heavy (non-hydrogen) atoms. The first-order chi connectivity index (χ1) is 6.57. The lowest BCUT2D eigenvalue weighted by atomic mass is 9.93. The molecule has 1 aromatic carbocycles. The highest BCUT2D eigenvalue weighted by Crippen LogP contribution is 2.28. The van der Waals surface area contributed by atoms with Gasteiger partial charge in [0.15, 0.2) is 0 Å². The Morgan fingerprint density at radius 1 is 1.29 bits per heavy atom. The van der Waals surface area contributed by atoms with E-state index >= 15 is 0 Å². The molecule has 0 bridgehead atoms. The maximum atomic E-state index is 6.11. The van der Waals surface area contributed by atoms with Crippen LogP contribution in [0, 0.1) is 12.8 Å². The molecule has 2 heteroatoms. The van der Waals surface area contributed by atoms with Crippen LogP contribution in [0.15, 0.2) is 18.2 Å². The number of hydrogen-bond donors (Lipinski definition) is 1. The lowest BCUT2D eigenvalue weighted by Gasteiger charge is -2.19. The lowest BCUT2D eigenvalue weighted by Crippen LogP contribution is -2.18. The summed E-state index contributed by atoms with van der Waals surface area (Å²) in [5.74, 6) is 1.36. The standard InChI is InChI=1S/C12H19NO/c1-8(2)12(13)10-6-5-7-11(14-4)9(10)3/h5-8,12H,13H2,1-4H3/t12-/m1/s1. The molecule has 0 aliphatic carbocycles. The van der Waals surface area contributed by atoms with Crippen molar-refractivity contribution in [1.82, 2.24) is 0 Å². The van der Waals surface area contributed by atoms with Crippen molar-refractivity contribution in [2.75, 3.05) is 7.11 Å². The minimum absolute atomic E-state index is 0.0881. The average molecular weight is 193 g/mol. The number of nitrogens with two attached hydrogens (primary N) is 1. The number of ether oxygens (including phenoxy) is 1. The molecule has 0 heterocycles. The lowest BCUT2D eigenvalue weighted by molar-refractivity contribution is 0.409. The Hall–Kier alpha value is -1.02. The topological polar surface area (TPSA) is 35.2 Å². The van der Waals surface area contributed by atoms with Crippen LogP contribution in [0.2, 0.25) is 0 Å². The van der Waals surface area contributed by atoms with Crippen molar-refractivity contribution in [3.05, 3.63) is 29.3 Å². The van der Waals surface area contributed by atoms with E-state index in [1.165, 1.54) is 5.56 Å². The molecule has 0 aliphatic rings. The molecule has 0 amide bonds. The summed E-state index contributed by atoms with van der Waals surface area (Å²) >= 11 is 0. The Bertz CT molecular complexity index is 307. The second kappa shape index (κ2) is 4.47. The molecule has 78 valence electrons. The van der Waals surface area contributed by atoms with Crippen LogP contribution < -0.4 is 10.5 Å². The highest BCUT2D eigenvalue weighted by Gasteiger charge is 2.14. The van der Waals surface area contributed by atoms with Gasteiger partial charge in [-0.2, -0.15) is 0 Å². The predicted molar refractivity (Wildman–Crippen MR) is 59.5 cm³/mol. The highest BCUT2D eigenvalue weighted by atomic mass is 16.5. The normalized spacial score (nSPS) is 13.0. The zero-order valence-corrected chi connectivity index (χ0v) is 9.37. The minimum atomic E-state index is 0.0881. The summed E-state index contributed by atoms with van der Waals surface area (Å²) in [5.41, 5.74) is 8.44. The van der Waals surface area contributed by atoms with Crippen LogP contribution in [0.1, 0.15) is 31.0 Å². The van der Waals surface area contributed by atoms with Crippen LogP contribution in [-0.2, 0) is 0 Å². The van der Waals surface area contributed by atoms with Gasteiger partial charge in [-0.3, -0.25) is 0 Å². The molecule has 0 unspecified atom stereocenters. The molecule has 0 aromatic heterocycles. The van der Waals surface area contributed by atoms with Crippen molar-refractivity contribution >= 4 is 0 Å². The van der Waals surface area contributed by atoms with Crippen LogP contribution in [0.4, 0.5) is 0 Å². The van der Waals surface area contributed by atoms with Crippen LogP contribution >= 0.6 is 0 Å². The van der Waals surface area contributed by atoms with Crippen molar-refractivity contribution in [1.29, 1.82) is 0 Å². The van der Waals surface area contributed by atoms with Crippen molar-refractivity contribution in [2.45, 2.75) is 26.8 Å². The van der Waals surface area contributed by atoms with Gasteiger partial charge in [-0.15, -0.1) is 0 Å². The van der Waals surface area contributed by atoms with E-state index in [1.807, 2.05) is 12.1 Å². The zero-order valence-electron chi connectivity index (χ0n) is 9.37. The summed E-state index contributed by atoms with van der Waals surface area (Å²) in [5, 5.41) is 0. The molecule has 0 saturated carbocycles. The van der Waals surface area contributed by atoms with E-state index in [1.54, 1.807) is 7.11 Å². The second-order valence-electron chi connectivity index (χ2n) is 3.94. The molecule has 1 rings (SSSR count). The number of methoxy groups -OCH3 is 1. The van der Waals surface area contributed by atoms with E-state index in [4.69, 9.17) is 10.5 Å². The molecule has 0 spiro atoms. The summed E-state index contributed by atoms with van der Waals surface area (Å²) in [6, 6.07) is 6.11. The smallest absolute Gasteiger partial charge is 0.122 e. The molecule has 2 nitrogen and oxygen atoms in total. The minimum Gasteiger partial charge on any atom is -0.496 e. The van der Waals surface area contributed by atoms with Crippen molar-refractivity contribution in [3.63, 3.8) is 0 Å². The van der Waals surface area contributed by atoms with Gasteiger partial charge in [-0.25, -0.2) is 0 Å². The summed E-state index contributed by atoms with van der Waals surface area (Å²) in [4.78, 5) is 0. The fraction of sp³-hybridized carbons (Fsp3) is 0.500. The quantitative estimate of drug-likeness (QED) is 0.801. The maximum Gasteiger partial charge on any atom is 0.122 e. The first-order valence-corrected chi connectivity index (χ1v) is 4.97. The van der Waals surface area contributed by atoms with Crippen molar-refractivity contribution in [3.8, 4) is 5.75 Å². The summed E-state index contributed by atoms with van der Waals surface area (Å²) in [6.07, 6.45) is 0. The predicted octanol–water partition coefficient (Wildman–Crippen LogP) is 2.66. The first-order valence-electron chi connectivity index (χ1n) is 4.97. The largest absolute Gasteiger partial charge is 0.496 e. The maximum absolute atomic E-state index is 6.11. The van der Waals surface area contributed by atoms with Gasteiger partial charge in [-0.05, 0) is 30.0 Å². The Labute approximate surface area is 86.1 Å². The molecule has 0 aliphatic heterocycles. The fourth-order valence-corrected chi connectivity index (χ4v) is 1.57. The SMILES string of the molecule is COc1cccc([C@H](N)C(C)C)c1C. The molecule has 0 fully saturated rings. The van der Waals surface area contributed by atoms with Gasteiger partial charge in [0, 0.05) is 6.04 Å². The molecule has 1 aromatic rings. The molecule has 0 saturated heterocycles. The zero-order chi connectivity index (χ0) is 10.7. The van der Waals surface area contributed by atoms with Crippen LogP contribution in [0.5, 0.6) is 5.75 Å². The Morgan fingerprint density at radius 2 is 1.93 bits per heavy atom. The van der Waals surface area contributed by atoms with Crippen LogP contribution in [0.3, 0.4) is 0 Å². The third kappa shape index (κ3) is 2.07. The van der Waals surface area contributed by atoms with Gasteiger partial charge in [0.05, 0.1) is 7.11 Å². The van der Waals surface area contributed by atoms with E-state index in [0.29, 0.717) is 5.92 Å². The Kier molecular flexibility index (Phi) is 3.53. The summed E-state index contributed by atoms with van der Waals surface area (Å²) < 4.78 is 5.26. The van der Waals surface area contributed by atoms with Gasteiger partial charge in [-0.1, -0.05) is 26.0 Å². The molecule has 0 radical (unpaired) electrons. The highest BCUT2D eigenvalue weighted by molar-refractivity contribution is 5.40. The van der Waals surface area contributed by atoms with Crippen molar-refractivity contribution < 1.29 is 4.74 Å². The van der Waals surface area contributed by atoms with E-state index in [2.05, 4.69) is 26.8 Å². The van der Waals surface area contributed by atoms with Crippen LogP contribution in [-0.4, -0.2) is 7.11 Å². The monoisotopic (exact) mass is 193 g/mol. The van der Waals surface area contributed by atoms with Gasteiger partial charge < -0.3 is 10.5 Å². The Balaban J connectivity index is 3.09. The van der Waals surface area contributed by atoms with Gasteiger partial charge in [0.2, 0.25) is 0 Å². The van der Waals surface area contributed by atoms with Crippen LogP contribution in [0.25, 0.3) is 0 Å². The van der Waals surface area contributed by atoms with E-state index in [-0.39, 0.29) is 6.04 Å². The molecule has 1 atom stereocenters. The molecular formula is C12H19NO. The fourth-order valence-electron chi connectivity index (χ4n) is 1.57. The van der Waals surface area contributed by atoms with Gasteiger partial charge in [0.1, 0.15) is 5.75 Å². The third-order valence-electron chi connectivity index (χ3n) is 2.62. The van der Waals surface area contributed by atoms with E-state index < -0.39 is 0 Å². The average Bonchev–Trinajstić information content (AvgIpc) is 2.17.